The summed E-state index contributed by atoms with van der Waals surface area (Å²) in [4.78, 5) is 24.7. The number of aryl methyl sites for hydroxylation is 2. The van der Waals surface area contributed by atoms with Gasteiger partial charge in [0.05, 0.1) is 17.1 Å². The lowest BCUT2D eigenvalue weighted by Gasteiger charge is -2.15. The molecule has 2 aromatic carbocycles. The molecule has 42 heavy (non-hydrogen) atoms. The highest BCUT2D eigenvalue weighted by molar-refractivity contribution is 7.87. The molecular weight excluding hydrogens is 611 g/mol. The van der Waals surface area contributed by atoms with Crippen LogP contribution in [0.2, 0.25) is 5.02 Å². The maximum absolute atomic E-state index is 13.0. The summed E-state index contributed by atoms with van der Waals surface area (Å²) in [6.45, 7) is 0.471. The molecule has 1 amide bonds. The standard InChI is InChI=1S/C25H23ClF3N3O9S/c1-38-10-11-39-18-9-8-15(20(13-18)40-23-19(26)12-17(14-31-23)25(27,28)29)4-2-5-16-6-3-7-21(22(16)32(34)35)42(36,37)41-24(30)33/h3,6-9,12-14H,2,4-5,10-11H2,1H3,(H2,30,33). The molecule has 226 valence electrons. The zero-order chi connectivity index (χ0) is 31.1. The number of hydrogen-bond donors (Lipinski definition) is 1. The minimum absolute atomic E-state index is 0.00105. The SMILES string of the molecule is COCCOc1ccc(CCCc2cccc(S(=O)(=O)OC(N)=O)c2[N+](=O)[O-])c(Oc2ncc(C(F)(F)F)cc2Cl)c1. The van der Waals surface area contributed by atoms with Crippen LogP contribution in [0.25, 0.3) is 0 Å². The molecule has 0 aliphatic heterocycles. The van der Waals surface area contributed by atoms with Crippen molar-refractivity contribution < 1.29 is 49.7 Å². The van der Waals surface area contributed by atoms with E-state index < -0.39 is 48.5 Å². The molecule has 0 bridgehead atoms. The van der Waals surface area contributed by atoms with E-state index in [1.54, 1.807) is 12.1 Å². The maximum atomic E-state index is 13.0. The molecule has 3 rings (SSSR count). The Morgan fingerprint density at radius 3 is 2.45 bits per heavy atom. The first-order chi connectivity index (χ1) is 19.7. The summed E-state index contributed by atoms with van der Waals surface area (Å²) in [6.07, 6.45) is -5.32. The number of benzene rings is 2. The van der Waals surface area contributed by atoms with Gasteiger partial charge < -0.3 is 24.1 Å². The molecule has 0 saturated heterocycles. The number of nitrogens with zero attached hydrogens (tertiary/aromatic N) is 2. The number of rotatable bonds is 13. The molecule has 12 nitrogen and oxygen atoms in total. The minimum atomic E-state index is -4.86. The third-order valence-corrected chi connectivity index (χ3v) is 7.08. The fraction of sp³-hybridized carbons (Fsp3) is 0.280. The topological polar surface area (TPSA) is 170 Å². The van der Waals surface area contributed by atoms with E-state index in [-0.39, 0.29) is 49.7 Å². The molecule has 1 aromatic heterocycles. The van der Waals surface area contributed by atoms with Crippen LogP contribution in [-0.4, -0.2) is 44.7 Å². The van der Waals surface area contributed by atoms with Crippen LogP contribution in [0.3, 0.4) is 0 Å². The second kappa shape index (κ2) is 13.7. The van der Waals surface area contributed by atoms with Crippen molar-refractivity contribution in [1.82, 2.24) is 4.98 Å². The Morgan fingerprint density at radius 2 is 1.83 bits per heavy atom. The van der Waals surface area contributed by atoms with Crippen molar-refractivity contribution in [2.75, 3.05) is 20.3 Å². The van der Waals surface area contributed by atoms with Gasteiger partial charge in [-0.25, -0.2) is 9.78 Å². The van der Waals surface area contributed by atoms with E-state index in [0.29, 0.717) is 23.6 Å². The lowest BCUT2D eigenvalue weighted by Crippen LogP contribution is -2.20. The molecule has 0 aliphatic carbocycles. The van der Waals surface area contributed by atoms with Crippen molar-refractivity contribution in [2.24, 2.45) is 5.73 Å². The van der Waals surface area contributed by atoms with Crippen LogP contribution in [0, 0.1) is 10.1 Å². The number of nitrogens with two attached hydrogens (primary N) is 1. The van der Waals surface area contributed by atoms with Crippen molar-refractivity contribution >= 4 is 33.5 Å². The number of ether oxygens (including phenoxy) is 3. The zero-order valence-corrected chi connectivity index (χ0v) is 23.3. The molecule has 2 N–H and O–H groups in total. The average Bonchev–Trinajstić information content (AvgIpc) is 2.89. The van der Waals surface area contributed by atoms with Gasteiger partial charge in [0.25, 0.3) is 5.69 Å². The van der Waals surface area contributed by atoms with Crippen LogP contribution in [-0.2, 0) is 38.1 Å². The second-order valence-electron chi connectivity index (χ2n) is 8.45. The number of carbonyl (C=O) groups is 1. The molecule has 0 unspecified atom stereocenters. The molecule has 0 aliphatic rings. The van der Waals surface area contributed by atoms with Crippen molar-refractivity contribution in [2.45, 2.75) is 30.3 Å². The lowest BCUT2D eigenvalue weighted by molar-refractivity contribution is -0.388. The summed E-state index contributed by atoms with van der Waals surface area (Å²) in [5.41, 5.74) is 3.47. The first-order valence-electron chi connectivity index (χ1n) is 11.9. The molecular formula is C25H23ClF3N3O9S. The summed E-state index contributed by atoms with van der Waals surface area (Å²) in [7, 11) is -3.37. The van der Waals surface area contributed by atoms with Crippen LogP contribution in [0.1, 0.15) is 23.1 Å². The first-order valence-corrected chi connectivity index (χ1v) is 13.7. The van der Waals surface area contributed by atoms with Crippen LogP contribution in [0.5, 0.6) is 17.4 Å². The van der Waals surface area contributed by atoms with Crippen LogP contribution >= 0.6 is 11.6 Å². The Morgan fingerprint density at radius 1 is 1.12 bits per heavy atom. The Kier molecular flexibility index (Phi) is 10.5. The van der Waals surface area contributed by atoms with Gasteiger partial charge in [-0.15, -0.1) is 0 Å². The third kappa shape index (κ3) is 8.43. The van der Waals surface area contributed by atoms with Crippen LogP contribution in [0.4, 0.5) is 23.7 Å². The van der Waals surface area contributed by atoms with Crippen LogP contribution < -0.4 is 15.2 Å². The first kappa shape index (κ1) is 32.4. The number of nitro groups is 1. The van der Waals surface area contributed by atoms with Crippen molar-refractivity contribution in [3.05, 3.63) is 80.5 Å². The van der Waals surface area contributed by atoms with Gasteiger partial charge in [0, 0.05) is 24.9 Å². The Bertz CT molecular complexity index is 1570. The fourth-order valence-electron chi connectivity index (χ4n) is 3.73. The van der Waals surface area contributed by atoms with E-state index >= 15 is 0 Å². The monoisotopic (exact) mass is 633 g/mol. The summed E-state index contributed by atoms with van der Waals surface area (Å²) in [6, 6.07) is 8.87. The van der Waals surface area contributed by atoms with Gasteiger partial charge in [-0.3, -0.25) is 10.1 Å². The van der Waals surface area contributed by atoms with Gasteiger partial charge in [-0.05, 0) is 43.0 Å². The number of amides is 1. The van der Waals surface area contributed by atoms with Gasteiger partial charge in [0.15, 0.2) is 4.90 Å². The molecule has 0 spiro atoms. The average molecular weight is 634 g/mol. The number of aromatic nitrogens is 1. The number of nitro benzene ring substituents is 1. The molecule has 1 heterocycles. The minimum Gasteiger partial charge on any atom is -0.491 e. The number of carbonyl (C=O) groups excluding carboxylic acids is 1. The van der Waals surface area contributed by atoms with E-state index in [4.69, 9.17) is 31.5 Å². The molecule has 0 saturated carbocycles. The summed E-state index contributed by atoms with van der Waals surface area (Å²) in [5.74, 6) is 0.180. The van der Waals surface area contributed by atoms with Gasteiger partial charge in [-0.1, -0.05) is 29.8 Å². The largest absolute Gasteiger partial charge is 0.491 e. The van der Waals surface area contributed by atoms with E-state index in [1.165, 1.54) is 25.3 Å². The summed E-state index contributed by atoms with van der Waals surface area (Å²) in [5, 5.41) is 11.4. The van der Waals surface area contributed by atoms with Gasteiger partial charge >= 0.3 is 22.4 Å². The number of para-hydroxylation sites is 1. The number of alkyl halides is 3. The molecule has 0 atom stereocenters. The van der Waals surface area contributed by atoms with E-state index in [2.05, 4.69) is 9.17 Å². The normalized spacial score (nSPS) is 11.6. The van der Waals surface area contributed by atoms with Gasteiger partial charge in [0.1, 0.15) is 23.1 Å². The Hall–Kier alpha value is -4.15. The van der Waals surface area contributed by atoms with Crippen molar-refractivity contribution in [3.63, 3.8) is 0 Å². The zero-order valence-electron chi connectivity index (χ0n) is 21.7. The van der Waals surface area contributed by atoms with Crippen molar-refractivity contribution in [1.29, 1.82) is 0 Å². The third-order valence-electron chi connectivity index (χ3n) is 5.55. The van der Waals surface area contributed by atoms with E-state index in [0.717, 1.165) is 6.07 Å². The maximum Gasteiger partial charge on any atom is 0.420 e. The van der Waals surface area contributed by atoms with Crippen molar-refractivity contribution in [3.8, 4) is 17.4 Å². The lowest BCUT2D eigenvalue weighted by atomic mass is 10.0. The molecule has 0 fully saturated rings. The highest BCUT2D eigenvalue weighted by Crippen LogP contribution is 2.37. The highest BCUT2D eigenvalue weighted by Gasteiger charge is 2.33. The highest BCUT2D eigenvalue weighted by atomic mass is 35.5. The quantitative estimate of drug-likeness (QED) is 0.111. The number of primary amides is 1. The van der Waals surface area contributed by atoms with Crippen LogP contribution in [0.15, 0.2) is 53.6 Å². The fourth-order valence-corrected chi connectivity index (χ4v) is 4.93. The number of pyridine rings is 1. The number of hydrogen-bond acceptors (Lipinski definition) is 10. The molecule has 17 heteroatoms. The summed E-state index contributed by atoms with van der Waals surface area (Å²) < 4.78 is 84.1. The van der Waals surface area contributed by atoms with E-state index in [1.807, 2.05) is 0 Å². The smallest absolute Gasteiger partial charge is 0.420 e. The van der Waals surface area contributed by atoms with Gasteiger partial charge in [-0.2, -0.15) is 21.6 Å². The Balaban J connectivity index is 1.89. The predicted octanol–water partition coefficient (Wildman–Crippen LogP) is 5.44. The Labute approximate surface area is 242 Å². The predicted molar refractivity (Wildman–Crippen MR) is 141 cm³/mol. The van der Waals surface area contributed by atoms with Gasteiger partial charge in [0.2, 0.25) is 5.88 Å². The number of halogens is 4. The van der Waals surface area contributed by atoms with E-state index in [9.17, 15) is 36.5 Å². The number of methoxy groups -OCH3 is 1. The summed E-state index contributed by atoms with van der Waals surface area (Å²) >= 11 is 6.01. The molecule has 3 aromatic rings. The molecule has 0 radical (unpaired) electrons. The second-order valence-corrected chi connectivity index (χ2v) is 10.4.